The molecule has 0 unspecified atom stereocenters. The Bertz CT molecular complexity index is 992. The number of benzene rings is 2. The molecule has 1 aliphatic heterocycles. The highest BCUT2D eigenvalue weighted by atomic mass is 127. The first-order valence-corrected chi connectivity index (χ1v) is 9.08. The standard InChI is InChI=1S/C23H26NO4.HI/c1-23(2)17-14-16(22(25)28-6)10-12-18(17)24(3)20(23)13-11-15-8-7-9-19(26-4)21(15)27-5;/h7-14H,1-6H3;1H/q+1;/p-1/b13-11+;. The van der Waals surface area contributed by atoms with Crippen molar-refractivity contribution < 1.29 is 47.6 Å². The minimum atomic E-state index is -0.327. The number of hydrogen-bond donors (Lipinski definition) is 0. The zero-order valence-corrected chi connectivity index (χ0v) is 19.7. The molecule has 154 valence electrons. The summed E-state index contributed by atoms with van der Waals surface area (Å²) in [6.45, 7) is 4.30. The van der Waals surface area contributed by atoms with Gasteiger partial charge in [0.25, 0.3) is 0 Å². The van der Waals surface area contributed by atoms with Crippen LogP contribution in [-0.4, -0.2) is 44.6 Å². The van der Waals surface area contributed by atoms with Gasteiger partial charge in [-0.15, -0.1) is 0 Å². The number of fused-ring (bicyclic) bond motifs is 1. The predicted molar refractivity (Wildman–Crippen MR) is 110 cm³/mol. The van der Waals surface area contributed by atoms with Gasteiger partial charge in [0.2, 0.25) is 5.69 Å². The van der Waals surface area contributed by atoms with E-state index in [4.69, 9.17) is 14.2 Å². The predicted octanol–water partition coefficient (Wildman–Crippen LogP) is 1.21. The van der Waals surface area contributed by atoms with Crippen LogP contribution in [0.1, 0.15) is 35.3 Å². The third-order valence-corrected chi connectivity index (χ3v) is 5.31. The molecule has 6 heteroatoms. The molecule has 5 nitrogen and oxygen atoms in total. The monoisotopic (exact) mass is 507 g/mol. The molecular formula is C23H26INO4. The van der Waals surface area contributed by atoms with Crippen LogP contribution in [0.25, 0.3) is 6.08 Å². The lowest BCUT2D eigenvalue weighted by Crippen LogP contribution is -3.00. The number of carbonyl (C=O) groups is 1. The summed E-state index contributed by atoms with van der Waals surface area (Å²) in [5, 5.41) is 0. The summed E-state index contributed by atoms with van der Waals surface area (Å²) in [7, 11) is 6.70. The Hall–Kier alpha value is -2.35. The molecule has 29 heavy (non-hydrogen) atoms. The normalized spacial score (nSPS) is 14.4. The lowest BCUT2D eigenvalue weighted by Gasteiger charge is -2.16. The van der Waals surface area contributed by atoms with Crippen LogP contribution in [0.2, 0.25) is 0 Å². The summed E-state index contributed by atoms with van der Waals surface area (Å²) in [5.74, 6) is 1.07. The number of methoxy groups -OCH3 is 3. The second-order valence-electron chi connectivity index (χ2n) is 7.21. The van der Waals surface area contributed by atoms with Crippen molar-refractivity contribution in [3.63, 3.8) is 0 Å². The van der Waals surface area contributed by atoms with Crippen molar-refractivity contribution >= 4 is 23.4 Å². The molecule has 0 aromatic heterocycles. The van der Waals surface area contributed by atoms with E-state index >= 15 is 0 Å². The lowest BCUT2D eigenvalue weighted by molar-refractivity contribution is -0.401. The van der Waals surface area contributed by atoms with E-state index in [9.17, 15) is 4.79 Å². The van der Waals surface area contributed by atoms with Gasteiger partial charge < -0.3 is 38.2 Å². The first kappa shape index (κ1) is 22.9. The van der Waals surface area contributed by atoms with Crippen molar-refractivity contribution in [3.8, 4) is 11.5 Å². The smallest absolute Gasteiger partial charge is 0.337 e. The molecule has 0 amide bonds. The second kappa shape index (κ2) is 8.98. The van der Waals surface area contributed by atoms with Crippen molar-refractivity contribution in [3.05, 3.63) is 59.2 Å². The third kappa shape index (κ3) is 4.03. The van der Waals surface area contributed by atoms with Crippen LogP contribution in [0, 0.1) is 0 Å². The minimum Gasteiger partial charge on any atom is -1.00 e. The topological polar surface area (TPSA) is 47.8 Å². The van der Waals surface area contributed by atoms with Crippen molar-refractivity contribution in [2.24, 2.45) is 0 Å². The maximum atomic E-state index is 11.9. The summed E-state index contributed by atoms with van der Waals surface area (Å²) in [6, 6.07) is 11.5. The van der Waals surface area contributed by atoms with Crippen LogP contribution < -0.4 is 33.5 Å². The zero-order chi connectivity index (χ0) is 20.5. The van der Waals surface area contributed by atoms with Gasteiger partial charge in [-0.2, -0.15) is 4.58 Å². The second-order valence-corrected chi connectivity index (χ2v) is 7.21. The van der Waals surface area contributed by atoms with Crippen molar-refractivity contribution in [1.82, 2.24) is 0 Å². The Morgan fingerprint density at radius 2 is 1.76 bits per heavy atom. The van der Waals surface area contributed by atoms with Gasteiger partial charge in [0.05, 0.1) is 32.3 Å². The van der Waals surface area contributed by atoms with Crippen molar-refractivity contribution in [2.45, 2.75) is 19.3 Å². The Morgan fingerprint density at radius 3 is 2.38 bits per heavy atom. The molecule has 1 heterocycles. The number of halogens is 1. The van der Waals surface area contributed by atoms with E-state index in [2.05, 4.69) is 24.5 Å². The fourth-order valence-corrected chi connectivity index (χ4v) is 3.79. The van der Waals surface area contributed by atoms with Crippen molar-refractivity contribution in [1.29, 1.82) is 0 Å². The van der Waals surface area contributed by atoms with Gasteiger partial charge in [0, 0.05) is 23.3 Å². The van der Waals surface area contributed by atoms with Crippen LogP contribution in [0.4, 0.5) is 5.69 Å². The molecular weight excluding hydrogens is 481 g/mol. The van der Waals surface area contributed by atoms with E-state index < -0.39 is 0 Å². The van der Waals surface area contributed by atoms with Gasteiger partial charge in [0.1, 0.15) is 7.05 Å². The molecule has 0 saturated heterocycles. The first-order chi connectivity index (χ1) is 13.3. The Morgan fingerprint density at radius 1 is 1.03 bits per heavy atom. The van der Waals surface area contributed by atoms with Gasteiger partial charge >= 0.3 is 5.97 Å². The average Bonchev–Trinajstić information content (AvgIpc) is 2.90. The largest absolute Gasteiger partial charge is 1.00 e. The fraction of sp³-hybridized carbons (Fsp3) is 0.304. The molecule has 0 N–H and O–H groups in total. The highest BCUT2D eigenvalue weighted by Gasteiger charge is 2.43. The SMILES string of the molecule is COC(=O)c1ccc2c(c1)C(C)(C)C(/C=C/c1cccc(OC)c1OC)=[N+]2C.[I-]. The van der Waals surface area contributed by atoms with Crippen LogP contribution in [-0.2, 0) is 10.2 Å². The van der Waals surface area contributed by atoms with Crippen LogP contribution in [0.3, 0.4) is 0 Å². The average molecular weight is 507 g/mol. The molecule has 0 aliphatic carbocycles. The van der Waals surface area contributed by atoms with Gasteiger partial charge in [-0.25, -0.2) is 4.79 Å². The number of allylic oxidation sites excluding steroid dienone is 1. The molecule has 1 aliphatic rings. The van der Waals surface area contributed by atoms with Gasteiger partial charge in [-0.3, -0.25) is 0 Å². The highest BCUT2D eigenvalue weighted by molar-refractivity contribution is 6.06. The van der Waals surface area contributed by atoms with Gasteiger partial charge in [-0.05, 0) is 38.1 Å². The summed E-state index contributed by atoms with van der Waals surface area (Å²) in [5.41, 5.74) is 4.52. The molecule has 0 saturated carbocycles. The lowest BCUT2D eigenvalue weighted by atomic mass is 9.80. The number of para-hydroxylation sites is 1. The molecule has 0 radical (unpaired) electrons. The molecule has 0 fully saturated rings. The first-order valence-electron chi connectivity index (χ1n) is 9.08. The Kier molecular flexibility index (Phi) is 7.11. The third-order valence-electron chi connectivity index (χ3n) is 5.31. The molecule has 2 aromatic carbocycles. The number of carbonyl (C=O) groups excluding carboxylic acids is 1. The number of esters is 1. The van der Waals surface area contributed by atoms with Crippen LogP contribution in [0.5, 0.6) is 11.5 Å². The summed E-state index contributed by atoms with van der Waals surface area (Å²) >= 11 is 0. The fourth-order valence-electron chi connectivity index (χ4n) is 3.79. The highest BCUT2D eigenvalue weighted by Crippen LogP contribution is 2.40. The number of nitrogens with zero attached hydrogens (tertiary/aromatic N) is 1. The molecule has 0 bridgehead atoms. The summed E-state index contributed by atoms with van der Waals surface area (Å²) < 4.78 is 17.9. The minimum absolute atomic E-state index is 0. The van der Waals surface area contributed by atoms with E-state index in [-0.39, 0.29) is 35.4 Å². The van der Waals surface area contributed by atoms with E-state index in [1.807, 2.05) is 43.5 Å². The quantitative estimate of drug-likeness (QED) is 0.347. The molecule has 3 rings (SSSR count). The molecule has 2 aromatic rings. The number of ether oxygens (including phenoxy) is 3. The number of hydrogen-bond acceptors (Lipinski definition) is 4. The van der Waals surface area contributed by atoms with E-state index in [0.717, 1.165) is 22.5 Å². The summed E-state index contributed by atoms with van der Waals surface area (Å²) in [4.78, 5) is 11.9. The van der Waals surface area contributed by atoms with Gasteiger partial charge in [-0.1, -0.05) is 12.1 Å². The maximum Gasteiger partial charge on any atom is 0.337 e. The maximum absolute atomic E-state index is 11.9. The number of rotatable bonds is 5. The van der Waals surface area contributed by atoms with E-state index in [1.165, 1.54) is 7.11 Å². The Labute approximate surface area is 189 Å². The van der Waals surface area contributed by atoms with E-state index in [1.54, 1.807) is 20.3 Å². The van der Waals surface area contributed by atoms with Crippen LogP contribution in [0.15, 0.2) is 42.5 Å². The Balaban J connectivity index is 0.00000300. The van der Waals surface area contributed by atoms with Gasteiger partial charge in [0.15, 0.2) is 17.2 Å². The van der Waals surface area contributed by atoms with E-state index in [0.29, 0.717) is 17.1 Å². The molecule has 0 atom stereocenters. The van der Waals surface area contributed by atoms with Crippen molar-refractivity contribution in [2.75, 3.05) is 28.4 Å². The summed E-state index contributed by atoms with van der Waals surface area (Å²) in [6.07, 6.45) is 4.12. The zero-order valence-electron chi connectivity index (χ0n) is 17.6. The van der Waals surface area contributed by atoms with Crippen LogP contribution >= 0.6 is 0 Å². The molecule has 0 spiro atoms.